The van der Waals surface area contributed by atoms with Gasteiger partial charge >= 0.3 is 0 Å². The molecule has 1 heterocycles. The van der Waals surface area contributed by atoms with Crippen LogP contribution in [-0.2, 0) is 18.3 Å². The number of nitrogens with zero attached hydrogens (tertiary/aromatic N) is 3. The Labute approximate surface area is 110 Å². The summed E-state index contributed by atoms with van der Waals surface area (Å²) in [6.45, 7) is 9.91. The summed E-state index contributed by atoms with van der Waals surface area (Å²) in [7, 11) is 1.92. The van der Waals surface area contributed by atoms with Gasteiger partial charge in [0.1, 0.15) is 0 Å². The van der Waals surface area contributed by atoms with Crippen LogP contribution in [0, 0.1) is 13.8 Å². The average molecular weight is 251 g/mol. The van der Waals surface area contributed by atoms with Crippen LogP contribution < -0.4 is 0 Å². The molecular weight excluding hydrogens is 226 g/mol. The van der Waals surface area contributed by atoms with E-state index in [9.17, 15) is 4.79 Å². The van der Waals surface area contributed by atoms with E-state index in [-0.39, 0.29) is 5.91 Å². The summed E-state index contributed by atoms with van der Waals surface area (Å²) < 4.78 is 1.85. The van der Waals surface area contributed by atoms with Gasteiger partial charge in [-0.15, -0.1) is 0 Å². The van der Waals surface area contributed by atoms with Crippen molar-refractivity contribution in [3.05, 3.63) is 17.0 Å². The summed E-state index contributed by atoms with van der Waals surface area (Å²) in [6, 6.07) is 0. The Morgan fingerprint density at radius 3 is 2.17 bits per heavy atom. The van der Waals surface area contributed by atoms with Crippen molar-refractivity contribution in [2.24, 2.45) is 7.05 Å². The van der Waals surface area contributed by atoms with Crippen LogP contribution in [-0.4, -0.2) is 33.7 Å². The van der Waals surface area contributed by atoms with E-state index < -0.39 is 0 Å². The van der Waals surface area contributed by atoms with Crippen molar-refractivity contribution >= 4 is 5.91 Å². The predicted octanol–water partition coefficient (Wildman–Crippen LogP) is 2.23. The van der Waals surface area contributed by atoms with Crippen molar-refractivity contribution in [3.63, 3.8) is 0 Å². The first kappa shape index (κ1) is 14.7. The van der Waals surface area contributed by atoms with Crippen LogP contribution in [0.1, 0.15) is 43.6 Å². The third-order valence-corrected chi connectivity index (χ3v) is 3.33. The fraction of sp³-hybridized carbons (Fsp3) is 0.714. The van der Waals surface area contributed by atoms with Crippen LogP contribution in [0.4, 0.5) is 0 Å². The van der Waals surface area contributed by atoms with E-state index in [1.165, 1.54) is 0 Å². The molecule has 0 atom stereocenters. The van der Waals surface area contributed by atoms with Gasteiger partial charge in [-0.1, -0.05) is 13.8 Å². The summed E-state index contributed by atoms with van der Waals surface area (Å²) in [6.07, 6.45) is 2.50. The molecule has 0 saturated heterocycles. The lowest BCUT2D eigenvalue weighted by Gasteiger charge is -2.21. The van der Waals surface area contributed by atoms with Crippen molar-refractivity contribution in [3.8, 4) is 0 Å². The molecule has 102 valence electrons. The minimum atomic E-state index is 0.220. The number of aromatic nitrogens is 2. The number of carbonyl (C=O) groups excluding carboxylic acids is 1. The molecule has 0 aromatic carbocycles. The molecule has 0 radical (unpaired) electrons. The molecule has 0 aliphatic rings. The van der Waals surface area contributed by atoms with Gasteiger partial charge in [-0.2, -0.15) is 5.10 Å². The Hall–Kier alpha value is -1.32. The van der Waals surface area contributed by atoms with Crippen molar-refractivity contribution in [1.29, 1.82) is 0 Å². The Bertz CT molecular complexity index is 403. The highest BCUT2D eigenvalue weighted by atomic mass is 16.2. The molecule has 1 amide bonds. The average Bonchev–Trinajstić information content (AvgIpc) is 2.55. The zero-order chi connectivity index (χ0) is 13.7. The quantitative estimate of drug-likeness (QED) is 0.777. The molecule has 0 fully saturated rings. The Kier molecular flexibility index (Phi) is 5.38. The van der Waals surface area contributed by atoms with Crippen LogP contribution in [0.5, 0.6) is 0 Å². The fourth-order valence-corrected chi connectivity index (χ4v) is 2.24. The number of hydrogen-bond donors (Lipinski definition) is 0. The van der Waals surface area contributed by atoms with E-state index in [1.807, 2.05) is 30.5 Å². The molecule has 18 heavy (non-hydrogen) atoms. The highest BCUT2D eigenvalue weighted by molar-refractivity contribution is 5.79. The topological polar surface area (TPSA) is 38.1 Å². The van der Waals surface area contributed by atoms with Crippen molar-refractivity contribution in [2.45, 2.75) is 47.0 Å². The smallest absolute Gasteiger partial charge is 0.227 e. The first-order valence-corrected chi connectivity index (χ1v) is 6.78. The van der Waals surface area contributed by atoms with E-state index in [4.69, 9.17) is 0 Å². The molecule has 1 aromatic heterocycles. The SMILES string of the molecule is CCCN(CCC)C(=O)Cc1c(C)nn(C)c1C. The van der Waals surface area contributed by atoms with Crippen LogP contribution in [0.2, 0.25) is 0 Å². The normalized spacial score (nSPS) is 10.7. The second kappa shape index (κ2) is 6.57. The number of aryl methyl sites for hydroxylation is 2. The highest BCUT2D eigenvalue weighted by Gasteiger charge is 2.17. The lowest BCUT2D eigenvalue weighted by Crippen LogP contribution is -2.33. The molecule has 0 bridgehead atoms. The van der Waals surface area contributed by atoms with Crippen LogP contribution in [0.25, 0.3) is 0 Å². The molecule has 0 spiro atoms. The Morgan fingerprint density at radius 2 is 1.78 bits per heavy atom. The molecule has 0 unspecified atom stereocenters. The summed E-state index contributed by atoms with van der Waals surface area (Å²) in [5.41, 5.74) is 3.14. The lowest BCUT2D eigenvalue weighted by atomic mass is 10.1. The minimum Gasteiger partial charge on any atom is -0.342 e. The number of hydrogen-bond acceptors (Lipinski definition) is 2. The first-order chi connectivity index (χ1) is 8.51. The van der Waals surface area contributed by atoms with Gasteiger partial charge in [0.2, 0.25) is 5.91 Å². The lowest BCUT2D eigenvalue weighted by molar-refractivity contribution is -0.130. The standard InChI is InChI=1S/C14H25N3O/c1-6-8-17(9-7-2)14(18)10-13-11(3)15-16(5)12(13)4/h6-10H2,1-5H3. The van der Waals surface area contributed by atoms with Crippen LogP contribution >= 0.6 is 0 Å². The molecule has 1 rings (SSSR count). The zero-order valence-electron chi connectivity index (χ0n) is 12.3. The fourth-order valence-electron chi connectivity index (χ4n) is 2.24. The second-order valence-electron chi connectivity index (χ2n) is 4.83. The number of rotatable bonds is 6. The van der Waals surface area contributed by atoms with Crippen molar-refractivity contribution < 1.29 is 4.79 Å². The molecule has 0 aliphatic carbocycles. The summed E-state index contributed by atoms with van der Waals surface area (Å²) in [4.78, 5) is 14.3. The maximum Gasteiger partial charge on any atom is 0.227 e. The monoisotopic (exact) mass is 251 g/mol. The molecule has 0 N–H and O–H groups in total. The molecule has 4 nitrogen and oxygen atoms in total. The van der Waals surface area contributed by atoms with Gasteiger partial charge in [0.15, 0.2) is 0 Å². The van der Waals surface area contributed by atoms with E-state index in [0.717, 1.165) is 42.9 Å². The summed E-state index contributed by atoms with van der Waals surface area (Å²) in [5, 5.41) is 4.36. The van der Waals surface area contributed by atoms with Gasteiger partial charge in [-0.05, 0) is 26.7 Å². The molecule has 0 saturated carbocycles. The van der Waals surface area contributed by atoms with Gasteiger partial charge in [-0.3, -0.25) is 9.48 Å². The van der Waals surface area contributed by atoms with E-state index >= 15 is 0 Å². The van der Waals surface area contributed by atoms with Crippen LogP contribution in [0.3, 0.4) is 0 Å². The number of amides is 1. The number of carbonyl (C=O) groups is 1. The van der Waals surface area contributed by atoms with E-state index in [1.54, 1.807) is 0 Å². The maximum absolute atomic E-state index is 12.3. The van der Waals surface area contributed by atoms with Crippen molar-refractivity contribution in [1.82, 2.24) is 14.7 Å². The van der Waals surface area contributed by atoms with Gasteiger partial charge in [0.25, 0.3) is 0 Å². The van der Waals surface area contributed by atoms with Gasteiger partial charge in [0, 0.05) is 31.4 Å². The van der Waals surface area contributed by atoms with E-state index in [2.05, 4.69) is 18.9 Å². The first-order valence-electron chi connectivity index (χ1n) is 6.78. The largest absolute Gasteiger partial charge is 0.342 e. The van der Waals surface area contributed by atoms with E-state index in [0.29, 0.717) is 6.42 Å². The van der Waals surface area contributed by atoms with Gasteiger partial charge in [0.05, 0.1) is 12.1 Å². The summed E-state index contributed by atoms with van der Waals surface area (Å²) in [5.74, 6) is 0.220. The molecule has 1 aromatic rings. The predicted molar refractivity (Wildman–Crippen MR) is 73.5 cm³/mol. The summed E-state index contributed by atoms with van der Waals surface area (Å²) >= 11 is 0. The zero-order valence-corrected chi connectivity index (χ0v) is 12.3. The second-order valence-corrected chi connectivity index (χ2v) is 4.83. The van der Waals surface area contributed by atoms with Gasteiger partial charge in [-0.25, -0.2) is 0 Å². The van der Waals surface area contributed by atoms with Crippen molar-refractivity contribution in [2.75, 3.05) is 13.1 Å². The third-order valence-electron chi connectivity index (χ3n) is 3.33. The Morgan fingerprint density at radius 1 is 1.22 bits per heavy atom. The Balaban J connectivity index is 2.78. The minimum absolute atomic E-state index is 0.220. The molecule has 4 heteroatoms. The van der Waals surface area contributed by atoms with Crippen LogP contribution in [0.15, 0.2) is 0 Å². The molecule has 0 aliphatic heterocycles. The third kappa shape index (κ3) is 3.34. The molecular formula is C14H25N3O. The van der Waals surface area contributed by atoms with Gasteiger partial charge < -0.3 is 4.90 Å². The highest BCUT2D eigenvalue weighted by Crippen LogP contribution is 2.14. The maximum atomic E-state index is 12.3.